The van der Waals surface area contributed by atoms with Gasteiger partial charge in [-0.3, -0.25) is 4.90 Å². The second-order valence-corrected chi connectivity index (χ2v) is 6.42. The molecular formula is C20H20ClNO. The molecule has 2 aromatic rings. The third-order valence-electron chi connectivity index (χ3n) is 4.19. The smallest absolute Gasteiger partial charge is 0.121 e. The number of halogens is 1. The van der Waals surface area contributed by atoms with Crippen molar-refractivity contribution in [2.24, 2.45) is 0 Å². The van der Waals surface area contributed by atoms with Gasteiger partial charge in [-0.2, -0.15) is 0 Å². The maximum atomic E-state index is 10.2. The predicted molar refractivity (Wildman–Crippen MR) is 94.7 cm³/mol. The third-order valence-corrected chi connectivity index (χ3v) is 4.43. The topological polar surface area (TPSA) is 23.5 Å². The van der Waals surface area contributed by atoms with E-state index in [0.717, 1.165) is 24.2 Å². The molecule has 0 bridgehead atoms. The number of aromatic hydroxyl groups is 1. The van der Waals surface area contributed by atoms with Crippen molar-refractivity contribution in [3.05, 3.63) is 64.2 Å². The van der Waals surface area contributed by atoms with Crippen LogP contribution in [0.5, 0.6) is 5.75 Å². The van der Waals surface area contributed by atoms with Gasteiger partial charge in [0, 0.05) is 16.1 Å². The minimum absolute atomic E-state index is 0.127. The molecule has 1 aliphatic heterocycles. The van der Waals surface area contributed by atoms with Crippen molar-refractivity contribution in [1.29, 1.82) is 0 Å². The van der Waals surface area contributed by atoms with Crippen molar-refractivity contribution >= 4 is 11.6 Å². The number of benzene rings is 2. The Bertz CT molecular complexity index is 736. The minimum atomic E-state index is -0.127. The quantitative estimate of drug-likeness (QED) is 0.819. The second-order valence-electron chi connectivity index (χ2n) is 5.98. The molecule has 1 unspecified atom stereocenters. The predicted octanol–water partition coefficient (Wildman–Crippen LogP) is 4.54. The lowest BCUT2D eigenvalue weighted by Crippen LogP contribution is -2.24. The number of phenols is 1. The molecule has 1 saturated heterocycles. The minimum Gasteiger partial charge on any atom is -0.508 e. The van der Waals surface area contributed by atoms with E-state index in [4.69, 9.17) is 11.6 Å². The first kappa shape index (κ1) is 15.9. The van der Waals surface area contributed by atoms with Crippen LogP contribution in [0, 0.1) is 18.8 Å². The molecule has 1 aliphatic rings. The summed E-state index contributed by atoms with van der Waals surface area (Å²) in [5, 5.41) is 10.9. The number of nitrogens with zero attached hydrogens (tertiary/aromatic N) is 1. The molecular weight excluding hydrogens is 306 g/mol. The Morgan fingerprint density at radius 1 is 1.09 bits per heavy atom. The van der Waals surface area contributed by atoms with Crippen molar-refractivity contribution in [2.75, 3.05) is 13.1 Å². The molecule has 2 nitrogen and oxygen atoms in total. The first-order valence-corrected chi connectivity index (χ1v) is 8.32. The van der Waals surface area contributed by atoms with Crippen LogP contribution >= 0.6 is 11.6 Å². The lowest BCUT2D eigenvalue weighted by Gasteiger charge is -2.24. The molecule has 118 valence electrons. The van der Waals surface area contributed by atoms with Gasteiger partial charge in [0.25, 0.3) is 0 Å². The normalized spacial score (nSPS) is 15.9. The molecule has 23 heavy (non-hydrogen) atoms. The summed E-state index contributed by atoms with van der Waals surface area (Å²) >= 11 is 6.12. The van der Waals surface area contributed by atoms with Crippen LogP contribution in [-0.2, 0) is 0 Å². The number of hydrogen-bond donors (Lipinski definition) is 1. The van der Waals surface area contributed by atoms with E-state index in [0.29, 0.717) is 5.02 Å². The highest BCUT2D eigenvalue weighted by atomic mass is 35.5. The van der Waals surface area contributed by atoms with E-state index in [1.807, 2.05) is 18.2 Å². The zero-order valence-corrected chi connectivity index (χ0v) is 14.0. The first-order chi connectivity index (χ1) is 11.1. The van der Waals surface area contributed by atoms with Crippen LogP contribution in [0.2, 0.25) is 5.02 Å². The maximum absolute atomic E-state index is 10.2. The van der Waals surface area contributed by atoms with E-state index in [9.17, 15) is 5.11 Å². The summed E-state index contributed by atoms with van der Waals surface area (Å²) < 4.78 is 0. The first-order valence-electron chi connectivity index (χ1n) is 7.94. The van der Waals surface area contributed by atoms with Crippen molar-refractivity contribution < 1.29 is 5.11 Å². The Morgan fingerprint density at radius 2 is 1.78 bits per heavy atom. The van der Waals surface area contributed by atoms with Crippen molar-refractivity contribution in [3.63, 3.8) is 0 Å². The fraction of sp³-hybridized carbons (Fsp3) is 0.300. The molecule has 0 amide bonds. The standard InChI is InChI=1S/C20H20ClNO/c1-15-4-6-16(7-5-15)8-10-19(22-12-2-3-13-22)18-14-17(21)9-11-20(18)23/h4-7,9,11,14,19,23H,2-3,12-13H2,1H3. The van der Waals surface area contributed by atoms with Crippen LogP contribution in [0.1, 0.15) is 35.6 Å². The van der Waals surface area contributed by atoms with Gasteiger partial charge < -0.3 is 5.11 Å². The van der Waals surface area contributed by atoms with Crippen LogP contribution in [0.15, 0.2) is 42.5 Å². The van der Waals surface area contributed by atoms with Gasteiger partial charge in [0.1, 0.15) is 11.8 Å². The van der Waals surface area contributed by atoms with Gasteiger partial charge in [-0.05, 0) is 63.2 Å². The van der Waals surface area contributed by atoms with E-state index in [-0.39, 0.29) is 11.8 Å². The van der Waals surface area contributed by atoms with E-state index in [2.05, 4.69) is 35.8 Å². The molecule has 0 spiro atoms. The molecule has 1 heterocycles. The zero-order chi connectivity index (χ0) is 16.2. The van der Waals surface area contributed by atoms with E-state index < -0.39 is 0 Å². The molecule has 0 aromatic heterocycles. The molecule has 0 aliphatic carbocycles. The lowest BCUT2D eigenvalue weighted by atomic mass is 10.0. The van der Waals surface area contributed by atoms with Gasteiger partial charge >= 0.3 is 0 Å². The Balaban J connectivity index is 1.96. The van der Waals surface area contributed by atoms with Gasteiger partial charge in [0.15, 0.2) is 0 Å². The van der Waals surface area contributed by atoms with E-state index in [1.54, 1.807) is 12.1 Å². The molecule has 1 N–H and O–H groups in total. The maximum Gasteiger partial charge on any atom is 0.121 e. The highest BCUT2D eigenvalue weighted by Crippen LogP contribution is 2.32. The Labute approximate surface area is 142 Å². The van der Waals surface area contributed by atoms with Gasteiger partial charge in [-0.25, -0.2) is 0 Å². The average Bonchev–Trinajstić information content (AvgIpc) is 3.07. The third kappa shape index (κ3) is 3.88. The summed E-state index contributed by atoms with van der Waals surface area (Å²) in [4.78, 5) is 2.31. The van der Waals surface area contributed by atoms with Gasteiger partial charge in [-0.15, -0.1) is 0 Å². The molecule has 3 heteroatoms. The monoisotopic (exact) mass is 325 g/mol. The fourth-order valence-corrected chi connectivity index (χ4v) is 3.08. The highest BCUT2D eigenvalue weighted by molar-refractivity contribution is 6.30. The van der Waals surface area contributed by atoms with Gasteiger partial charge in [0.05, 0.1) is 0 Å². The molecule has 0 saturated carbocycles. The largest absolute Gasteiger partial charge is 0.508 e. The molecule has 1 fully saturated rings. The summed E-state index contributed by atoms with van der Waals surface area (Å²) in [7, 11) is 0. The highest BCUT2D eigenvalue weighted by Gasteiger charge is 2.24. The van der Waals surface area contributed by atoms with Crippen molar-refractivity contribution in [2.45, 2.75) is 25.8 Å². The lowest BCUT2D eigenvalue weighted by molar-refractivity contribution is 0.290. The molecule has 3 rings (SSSR count). The van der Waals surface area contributed by atoms with Crippen LogP contribution < -0.4 is 0 Å². The van der Waals surface area contributed by atoms with Crippen LogP contribution in [0.4, 0.5) is 0 Å². The van der Waals surface area contributed by atoms with E-state index >= 15 is 0 Å². The number of phenolic OH excluding ortho intramolecular Hbond substituents is 1. The number of likely N-dealkylation sites (tertiary alicyclic amines) is 1. The average molecular weight is 326 g/mol. The van der Waals surface area contributed by atoms with Crippen molar-refractivity contribution in [1.82, 2.24) is 4.90 Å². The molecule has 1 atom stereocenters. The SMILES string of the molecule is Cc1ccc(C#CC(c2cc(Cl)ccc2O)N2CCCC2)cc1. The number of rotatable bonds is 2. The number of aryl methyl sites for hydroxylation is 1. The van der Waals surface area contributed by atoms with Crippen LogP contribution in [0.3, 0.4) is 0 Å². The summed E-state index contributed by atoms with van der Waals surface area (Å²) in [6, 6.07) is 13.2. The summed E-state index contributed by atoms with van der Waals surface area (Å²) in [6.07, 6.45) is 2.34. The summed E-state index contributed by atoms with van der Waals surface area (Å²) in [5.41, 5.74) is 3.00. The molecule has 0 radical (unpaired) electrons. The zero-order valence-electron chi connectivity index (χ0n) is 13.2. The van der Waals surface area contributed by atoms with E-state index in [1.165, 1.54) is 18.4 Å². The van der Waals surface area contributed by atoms with Gasteiger partial charge in [0.2, 0.25) is 0 Å². The van der Waals surface area contributed by atoms with Crippen molar-refractivity contribution in [3.8, 4) is 17.6 Å². The summed E-state index contributed by atoms with van der Waals surface area (Å²) in [6.45, 7) is 4.06. The van der Waals surface area contributed by atoms with Crippen LogP contribution in [0.25, 0.3) is 0 Å². The molecule has 2 aromatic carbocycles. The number of hydrogen-bond acceptors (Lipinski definition) is 2. The Hall–Kier alpha value is -1.95. The van der Waals surface area contributed by atoms with Crippen LogP contribution in [-0.4, -0.2) is 23.1 Å². The fourth-order valence-electron chi connectivity index (χ4n) is 2.90. The Morgan fingerprint density at radius 3 is 2.48 bits per heavy atom. The van der Waals surface area contributed by atoms with Gasteiger partial charge in [-0.1, -0.05) is 41.1 Å². The Kier molecular flexibility index (Phi) is 4.91. The summed E-state index contributed by atoms with van der Waals surface area (Å²) in [5.74, 6) is 6.84. The second kappa shape index (κ2) is 7.08.